The molecule has 134 valence electrons. The summed E-state index contributed by atoms with van der Waals surface area (Å²) in [6, 6.07) is 9.93. The van der Waals surface area contributed by atoms with Crippen molar-refractivity contribution in [3.05, 3.63) is 76.5 Å². The maximum atomic E-state index is 13.2. The van der Waals surface area contributed by atoms with E-state index < -0.39 is 26.6 Å². The quantitative estimate of drug-likeness (QED) is 0.685. The number of amides is 1. The van der Waals surface area contributed by atoms with Gasteiger partial charge in [-0.15, -0.1) is 0 Å². The Hall–Kier alpha value is -2.78. The van der Waals surface area contributed by atoms with Gasteiger partial charge in [0.1, 0.15) is 0 Å². The fraction of sp³-hybridized carbons (Fsp3) is 0. The van der Waals surface area contributed by atoms with Crippen molar-refractivity contribution in [2.75, 3.05) is 10.0 Å². The van der Waals surface area contributed by atoms with Crippen LogP contribution in [0, 0.1) is 11.6 Å². The van der Waals surface area contributed by atoms with Crippen LogP contribution < -0.4 is 10.0 Å². The molecule has 0 saturated heterocycles. The molecule has 0 fully saturated rings. The predicted molar refractivity (Wildman–Crippen MR) is 95.9 cm³/mol. The molecule has 0 unspecified atom stereocenters. The van der Waals surface area contributed by atoms with Crippen molar-refractivity contribution < 1.29 is 22.0 Å². The smallest absolute Gasteiger partial charge is 0.261 e. The number of benzene rings is 2. The summed E-state index contributed by atoms with van der Waals surface area (Å²) in [5.74, 6) is -2.66. The monoisotopic (exact) mass is 394 g/mol. The highest BCUT2D eigenvalue weighted by Gasteiger charge is 2.16. The summed E-state index contributed by atoms with van der Waals surface area (Å²) in [6.45, 7) is 0. The van der Waals surface area contributed by atoms with Crippen LogP contribution in [0.2, 0.25) is 0 Å². The predicted octanol–water partition coefficient (Wildman–Crippen LogP) is 4.08. The van der Waals surface area contributed by atoms with Crippen LogP contribution in [0.3, 0.4) is 0 Å². The van der Waals surface area contributed by atoms with Crippen LogP contribution in [0.25, 0.3) is 0 Å². The van der Waals surface area contributed by atoms with E-state index in [-0.39, 0.29) is 11.6 Å². The van der Waals surface area contributed by atoms with Gasteiger partial charge in [0.2, 0.25) is 0 Å². The van der Waals surface area contributed by atoms with E-state index in [2.05, 4.69) is 10.0 Å². The van der Waals surface area contributed by atoms with Crippen molar-refractivity contribution in [2.45, 2.75) is 4.90 Å². The average molecular weight is 394 g/mol. The minimum Gasteiger partial charge on any atom is -0.322 e. The van der Waals surface area contributed by atoms with E-state index in [0.29, 0.717) is 17.3 Å². The minimum atomic E-state index is -4.07. The molecule has 1 amide bonds. The largest absolute Gasteiger partial charge is 0.322 e. The Morgan fingerprint density at radius 3 is 2.23 bits per heavy atom. The number of sulfonamides is 1. The fourth-order valence-corrected chi connectivity index (χ4v) is 3.78. The fourth-order valence-electron chi connectivity index (χ4n) is 2.08. The lowest BCUT2D eigenvalue weighted by atomic mass is 10.2. The van der Waals surface area contributed by atoms with Crippen molar-refractivity contribution in [3.63, 3.8) is 0 Å². The molecular formula is C17H12F2N2O3S2. The highest BCUT2D eigenvalue weighted by Crippen LogP contribution is 2.20. The molecule has 0 saturated carbocycles. The SMILES string of the molecule is O=C(Nc1ccc(NS(=O)(=O)c2ccc(F)c(F)c2)cc1)c1ccsc1. The van der Waals surface area contributed by atoms with Crippen molar-refractivity contribution in [2.24, 2.45) is 0 Å². The molecule has 0 spiro atoms. The molecule has 0 aliphatic rings. The van der Waals surface area contributed by atoms with Crippen LogP contribution in [0.5, 0.6) is 0 Å². The molecule has 0 radical (unpaired) electrons. The summed E-state index contributed by atoms with van der Waals surface area (Å²) in [6.07, 6.45) is 0. The van der Waals surface area contributed by atoms with E-state index in [1.54, 1.807) is 16.8 Å². The van der Waals surface area contributed by atoms with Gasteiger partial charge in [-0.1, -0.05) is 0 Å². The van der Waals surface area contributed by atoms with Gasteiger partial charge in [0.15, 0.2) is 11.6 Å². The van der Waals surface area contributed by atoms with Crippen molar-refractivity contribution in [1.29, 1.82) is 0 Å². The molecular weight excluding hydrogens is 382 g/mol. The van der Waals surface area contributed by atoms with Gasteiger partial charge in [0.05, 0.1) is 10.5 Å². The lowest BCUT2D eigenvalue weighted by Gasteiger charge is -2.10. The first kappa shape index (κ1) is 18.0. The Kier molecular flexibility index (Phi) is 5.01. The van der Waals surface area contributed by atoms with Crippen LogP contribution in [0.15, 0.2) is 64.2 Å². The summed E-state index contributed by atoms with van der Waals surface area (Å²) >= 11 is 1.40. The number of nitrogens with one attached hydrogen (secondary N) is 2. The maximum absolute atomic E-state index is 13.2. The summed E-state index contributed by atoms with van der Waals surface area (Å²) in [5, 5.41) is 6.17. The minimum absolute atomic E-state index is 0.211. The van der Waals surface area contributed by atoms with Crippen molar-refractivity contribution in [1.82, 2.24) is 0 Å². The second kappa shape index (κ2) is 7.22. The van der Waals surface area contributed by atoms with Crippen LogP contribution in [0.4, 0.5) is 20.2 Å². The zero-order valence-corrected chi connectivity index (χ0v) is 14.7. The van der Waals surface area contributed by atoms with E-state index in [0.717, 1.165) is 12.1 Å². The first-order valence-electron chi connectivity index (χ1n) is 7.27. The summed E-state index contributed by atoms with van der Waals surface area (Å²) < 4.78 is 52.9. The van der Waals surface area contributed by atoms with Gasteiger partial charge in [0, 0.05) is 16.8 Å². The zero-order valence-electron chi connectivity index (χ0n) is 13.1. The first-order valence-corrected chi connectivity index (χ1v) is 9.69. The molecule has 26 heavy (non-hydrogen) atoms. The zero-order chi connectivity index (χ0) is 18.7. The standard InChI is InChI=1S/C17H12F2N2O3S2/c18-15-6-5-14(9-16(15)19)26(23,24)21-13-3-1-12(2-4-13)20-17(22)11-7-8-25-10-11/h1-10,21H,(H,20,22). The summed E-state index contributed by atoms with van der Waals surface area (Å²) in [5.41, 5.74) is 1.22. The molecule has 9 heteroatoms. The third-order valence-electron chi connectivity index (χ3n) is 3.38. The molecule has 0 aliphatic heterocycles. The van der Waals surface area contributed by atoms with Crippen LogP contribution in [-0.2, 0) is 10.0 Å². The second-order valence-corrected chi connectivity index (χ2v) is 7.69. The highest BCUT2D eigenvalue weighted by atomic mass is 32.2. The summed E-state index contributed by atoms with van der Waals surface area (Å²) in [4.78, 5) is 11.6. The van der Waals surface area contributed by atoms with Gasteiger partial charge in [-0.3, -0.25) is 9.52 Å². The number of anilines is 2. The van der Waals surface area contributed by atoms with Gasteiger partial charge in [-0.05, 0) is 53.9 Å². The van der Waals surface area contributed by atoms with Crippen LogP contribution in [0.1, 0.15) is 10.4 Å². The molecule has 5 nitrogen and oxygen atoms in total. The molecule has 0 aliphatic carbocycles. The average Bonchev–Trinajstić information content (AvgIpc) is 3.13. The number of thiophene rings is 1. The lowest BCUT2D eigenvalue weighted by molar-refractivity contribution is 0.102. The van der Waals surface area contributed by atoms with E-state index in [1.165, 1.54) is 35.6 Å². The van der Waals surface area contributed by atoms with Gasteiger partial charge in [-0.25, -0.2) is 17.2 Å². The first-order chi connectivity index (χ1) is 12.3. The summed E-state index contributed by atoms with van der Waals surface area (Å²) in [7, 11) is -4.07. The topological polar surface area (TPSA) is 75.3 Å². The van der Waals surface area contributed by atoms with Gasteiger partial charge in [0.25, 0.3) is 15.9 Å². The number of carbonyl (C=O) groups is 1. The third-order valence-corrected chi connectivity index (χ3v) is 5.44. The van der Waals surface area contributed by atoms with E-state index in [1.807, 2.05) is 0 Å². The number of rotatable bonds is 5. The normalized spacial score (nSPS) is 11.2. The molecule has 0 bridgehead atoms. The number of hydrogen-bond donors (Lipinski definition) is 2. The molecule has 1 aromatic heterocycles. The number of hydrogen-bond acceptors (Lipinski definition) is 4. The Labute approximate surface area is 152 Å². The number of halogens is 2. The molecule has 3 aromatic rings. The van der Waals surface area contributed by atoms with E-state index in [9.17, 15) is 22.0 Å². The van der Waals surface area contributed by atoms with E-state index >= 15 is 0 Å². The molecule has 3 rings (SSSR count). The van der Waals surface area contributed by atoms with Crippen molar-refractivity contribution >= 4 is 38.6 Å². The van der Waals surface area contributed by atoms with Crippen LogP contribution in [-0.4, -0.2) is 14.3 Å². The molecule has 0 atom stereocenters. The second-order valence-electron chi connectivity index (χ2n) is 5.22. The lowest BCUT2D eigenvalue weighted by Crippen LogP contribution is -2.14. The maximum Gasteiger partial charge on any atom is 0.261 e. The Morgan fingerprint density at radius 1 is 0.923 bits per heavy atom. The highest BCUT2D eigenvalue weighted by molar-refractivity contribution is 7.92. The van der Waals surface area contributed by atoms with Gasteiger partial charge < -0.3 is 5.32 Å². The molecule has 1 heterocycles. The van der Waals surface area contributed by atoms with Gasteiger partial charge >= 0.3 is 0 Å². The Morgan fingerprint density at radius 2 is 1.62 bits per heavy atom. The van der Waals surface area contributed by atoms with E-state index in [4.69, 9.17) is 0 Å². The van der Waals surface area contributed by atoms with Crippen LogP contribution >= 0.6 is 11.3 Å². The molecule has 2 aromatic carbocycles. The number of carbonyl (C=O) groups excluding carboxylic acids is 1. The third kappa shape index (κ3) is 4.06. The van der Waals surface area contributed by atoms with Gasteiger partial charge in [-0.2, -0.15) is 11.3 Å². The van der Waals surface area contributed by atoms with Crippen molar-refractivity contribution in [3.8, 4) is 0 Å². The molecule has 2 N–H and O–H groups in total. The Bertz CT molecular complexity index is 1030. The Balaban J connectivity index is 1.72.